The summed E-state index contributed by atoms with van der Waals surface area (Å²) in [7, 11) is 0. The molecule has 0 aromatic heterocycles. The van der Waals surface area contributed by atoms with Gasteiger partial charge in [0.15, 0.2) is 0 Å². The van der Waals surface area contributed by atoms with Crippen molar-refractivity contribution < 1.29 is 29.5 Å². The summed E-state index contributed by atoms with van der Waals surface area (Å²) in [6, 6.07) is 12.2. The van der Waals surface area contributed by atoms with Crippen LogP contribution in [0.5, 0.6) is 0 Å². The molecule has 2 aromatic carbocycles. The van der Waals surface area contributed by atoms with Crippen molar-refractivity contribution in [2.75, 3.05) is 6.54 Å². The fraction of sp³-hybridized carbons (Fsp3) is 0.150. The summed E-state index contributed by atoms with van der Waals surface area (Å²) < 4.78 is 0. The highest BCUT2D eigenvalue weighted by molar-refractivity contribution is 6.46. The van der Waals surface area contributed by atoms with Crippen LogP contribution in [-0.2, 0) is 14.4 Å². The van der Waals surface area contributed by atoms with Gasteiger partial charge in [-0.15, -0.1) is 0 Å². The van der Waals surface area contributed by atoms with Crippen LogP contribution in [0.1, 0.15) is 23.6 Å². The quantitative estimate of drug-likeness (QED) is 0.251. The number of benzene rings is 2. The van der Waals surface area contributed by atoms with Crippen LogP contribution in [0.2, 0.25) is 0 Å². The Morgan fingerprint density at radius 2 is 1.66 bits per heavy atom. The Bertz CT molecular complexity index is 1030. The van der Waals surface area contributed by atoms with E-state index in [9.17, 15) is 29.6 Å². The fourth-order valence-electron chi connectivity index (χ4n) is 3.29. The van der Waals surface area contributed by atoms with Gasteiger partial charge in [-0.3, -0.25) is 24.5 Å². The van der Waals surface area contributed by atoms with Gasteiger partial charge in [-0.2, -0.15) is 0 Å². The lowest BCUT2D eigenvalue weighted by molar-refractivity contribution is -0.385. The first-order chi connectivity index (χ1) is 13.8. The summed E-state index contributed by atoms with van der Waals surface area (Å²) in [4.78, 5) is 48.1. The molecule has 1 saturated heterocycles. The van der Waals surface area contributed by atoms with Gasteiger partial charge in [0, 0.05) is 18.2 Å². The molecule has 1 fully saturated rings. The van der Waals surface area contributed by atoms with Crippen LogP contribution in [0.3, 0.4) is 0 Å². The molecule has 29 heavy (non-hydrogen) atoms. The van der Waals surface area contributed by atoms with Crippen LogP contribution in [-0.4, -0.2) is 44.2 Å². The molecule has 1 aliphatic rings. The molecule has 0 bridgehead atoms. The number of aliphatic carboxylic acids is 1. The molecule has 9 nitrogen and oxygen atoms in total. The number of aliphatic hydroxyl groups excluding tert-OH is 1. The van der Waals surface area contributed by atoms with Crippen LogP contribution in [0.15, 0.2) is 60.2 Å². The van der Waals surface area contributed by atoms with E-state index >= 15 is 0 Å². The summed E-state index contributed by atoms with van der Waals surface area (Å²) >= 11 is 0. The topological polar surface area (TPSA) is 138 Å². The Kier molecular flexibility index (Phi) is 5.40. The minimum absolute atomic E-state index is 0.0135. The van der Waals surface area contributed by atoms with Crippen LogP contribution < -0.4 is 0 Å². The van der Waals surface area contributed by atoms with Crippen molar-refractivity contribution in [1.82, 2.24) is 4.90 Å². The highest BCUT2D eigenvalue weighted by Crippen LogP contribution is 2.42. The van der Waals surface area contributed by atoms with Crippen molar-refractivity contribution in [3.8, 4) is 0 Å². The maximum Gasteiger partial charge on any atom is 0.305 e. The predicted octanol–water partition coefficient (Wildman–Crippen LogP) is 2.49. The van der Waals surface area contributed by atoms with E-state index < -0.39 is 40.8 Å². The molecular weight excluding hydrogens is 380 g/mol. The number of rotatable bonds is 6. The third-order valence-corrected chi connectivity index (χ3v) is 4.58. The van der Waals surface area contributed by atoms with Crippen molar-refractivity contribution in [1.29, 1.82) is 0 Å². The number of nitro groups is 1. The van der Waals surface area contributed by atoms with E-state index in [0.717, 1.165) is 4.90 Å². The zero-order chi connectivity index (χ0) is 21.1. The Balaban J connectivity index is 2.24. The first-order valence-electron chi connectivity index (χ1n) is 8.62. The van der Waals surface area contributed by atoms with Crippen LogP contribution >= 0.6 is 0 Å². The lowest BCUT2D eigenvalue weighted by Crippen LogP contribution is -2.32. The standard InChI is InChI=1S/C20H16N2O7/c23-15(24)10-11-21-17(13-8-4-5-9-14(13)22(28)29)16(19(26)20(21)27)18(25)12-6-2-1-3-7-12/h1-9,17,25H,10-11H2,(H,23,24)/t17-/m0/s1. The molecule has 0 spiro atoms. The van der Waals surface area contributed by atoms with Crippen molar-refractivity contribution in [3.63, 3.8) is 0 Å². The normalized spacial score (nSPS) is 18.1. The minimum Gasteiger partial charge on any atom is -0.507 e. The second kappa shape index (κ2) is 7.93. The van der Waals surface area contributed by atoms with Gasteiger partial charge >= 0.3 is 5.97 Å². The average Bonchev–Trinajstić information content (AvgIpc) is 2.96. The average molecular weight is 396 g/mol. The molecule has 1 aliphatic heterocycles. The van der Waals surface area contributed by atoms with E-state index in [4.69, 9.17) is 5.11 Å². The number of nitrogens with zero attached hydrogens (tertiary/aromatic N) is 2. The van der Waals surface area contributed by atoms with Gasteiger partial charge < -0.3 is 15.1 Å². The fourth-order valence-corrected chi connectivity index (χ4v) is 3.29. The molecule has 1 amide bonds. The van der Waals surface area contributed by atoms with Crippen LogP contribution in [0.25, 0.3) is 5.76 Å². The van der Waals surface area contributed by atoms with E-state index in [1.54, 1.807) is 18.2 Å². The summed E-state index contributed by atoms with van der Waals surface area (Å²) in [6.45, 7) is -0.345. The Labute approximate surface area is 164 Å². The number of carboxylic acids is 1. The molecular formula is C20H16N2O7. The van der Waals surface area contributed by atoms with Crippen molar-refractivity contribution in [2.24, 2.45) is 0 Å². The molecule has 0 radical (unpaired) electrons. The monoisotopic (exact) mass is 396 g/mol. The van der Waals surface area contributed by atoms with Gasteiger partial charge in [-0.25, -0.2) is 0 Å². The number of Topliss-reactive ketones (excluding diaryl/α,β-unsaturated/α-hetero) is 1. The largest absolute Gasteiger partial charge is 0.507 e. The molecule has 0 aliphatic carbocycles. The third kappa shape index (κ3) is 3.70. The second-order valence-electron chi connectivity index (χ2n) is 6.32. The molecule has 2 N–H and O–H groups in total. The maximum absolute atomic E-state index is 12.7. The van der Waals surface area contributed by atoms with Crippen molar-refractivity contribution in [2.45, 2.75) is 12.5 Å². The molecule has 1 atom stereocenters. The lowest BCUT2D eigenvalue weighted by Gasteiger charge is -2.24. The Hall–Kier alpha value is -4.01. The third-order valence-electron chi connectivity index (χ3n) is 4.58. The second-order valence-corrected chi connectivity index (χ2v) is 6.32. The van der Waals surface area contributed by atoms with E-state index in [1.807, 2.05) is 0 Å². The number of carboxylic acid groups (broad SMARTS) is 1. The van der Waals surface area contributed by atoms with Crippen molar-refractivity contribution >= 4 is 29.1 Å². The minimum atomic E-state index is -1.28. The number of hydrogen-bond acceptors (Lipinski definition) is 6. The first-order valence-corrected chi connectivity index (χ1v) is 8.62. The van der Waals surface area contributed by atoms with E-state index in [-0.39, 0.29) is 28.9 Å². The van der Waals surface area contributed by atoms with Gasteiger partial charge in [-0.1, -0.05) is 42.5 Å². The molecule has 1 heterocycles. The molecule has 0 unspecified atom stereocenters. The predicted molar refractivity (Wildman–Crippen MR) is 101 cm³/mol. The SMILES string of the molecule is O=C(O)CCN1C(=O)C(=O)C(=C(O)c2ccccc2)[C@@H]1c1ccccc1[N+](=O)[O-]. The number of likely N-dealkylation sites (tertiary alicyclic amines) is 1. The van der Waals surface area contributed by atoms with Gasteiger partial charge in [0.25, 0.3) is 17.4 Å². The molecule has 9 heteroatoms. The van der Waals surface area contributed by atoms with Gasteiger partial charge in [0.2, 0.25) is 0 Å². The molecule has 3 rings (SSSR count). The first kappa shape index (κ1) is 19.7. The van der Waals surface area contributed by atoms with Crippen molar-refractivity contribution in [3.05, 3.63) is 81.4 Å². The number of hydrogen-bond donors (Lipinski definition) is 2. The Morgan fingerprint density at radius 1 is 1.03 bits per heavy atom. The molecule has 0 saturated carbocycles. The molecule has 2 aromatic rings. The summed E-state index contributed by atoms with van der Waals surface area (Å²) in [6.07, 6.45) is -0.463. The summed E-state index contributed by atoms with van der Waals surface area (Å²) in [5, 5.41) is 31.3. The highest BCUT2D eigenvalue weighted by Gasteiger charge is 2.48. The van der Waals surface area contributed by atoms with Crippen LogP contribution in [0, 0.1) is 10.1 Å². The number of ketones is 1. The number of para-hydroxylation sites is 1. The molecule has 148 valence electrons. The summed E-state index contributed by atoms with van der Waals surface area (Å²) in [5.74, 6) is -3.73. The zero-order valence-electron chi connectivity index (χ0n) is 15.0. The maximum atomic E-state index is 12.7. The van der Waals surface area contributed by atoms with Gasteiger partial charge in [0.1, 0.15) is 5.76 Å². The number of nitro benzene ring substituents is 1. The lowest BCUT2D eigenvalue weighted by atomic mass is 9.94. The van der Waals surface area contributed by atoms with E-state index in [0.29, 0.717) is 0 Å². The number of carbonyl (C=O) groups excluding carboxylic acids is 2. The van der Waals surface area contributed by atoms with E-state index in [2.05, 4.69) is 0 Å². The van der Waals surface area contributed by atoms with Gasteiger partial charge in [-0.05, 0) is 6.07 Å². The highest BCUT2D eigenvalue weighted by atomic mass is 16.6. The summed E-state index contributed by atoms with van der Waals surface area (Å²) in [5.41, 5.74) is -0.397. The zero-order valence-corrected chi connectivity index (χ0v) is 15.0. The smallest absolute Gasteiger partial charge is 0.305 e. The van der Waals surface area contributed by atoms with Crippen LogP contribution in [0.4, 0.5) is 5.69 Å². The number of amides is 1. The Morgan fingerprint density at radius 3 is 2.28 bits per heavy atom. The van der Waals surface area contributed by atoms with Gasteiger partial charge in [0.05, 0.1) is 28.5 Å². The number of carbonyl (C=O) groups is 3. The van der Waals surface area contributed by atoms with E-state index in [1.165, 1.54) is 36.4 Å². The number of aliphatic hydroxyl groups is 1.